The molecular formula is C29H27ClFN5O2. The van der Waals surface area contributed by atoms with Crippen LogP contribution in [0.2, 0.25) is 5.02 Å². The maximum Gasteiger partial charge on any atom is 0.278 e. The van der Waals surface area contributed by atoms with Crippen molar-refractivity contribution in [1.29, 1.82) is 0 Å². The lowest BCUT2D eigenvalue weighted by atomic mass is 10.0. The SMILES string of the molecule is Cc1cc(C#Cc2cccc(F)c2)cnc1NC(=O)c1nn([C@H]2C[C@@H]3CN(C(=O)C4CC4)C[C@@H]3C2)cc1Cl. The number of pyridine rings is 1. The zero-order valence-electron chi connectivity index (χ0n) is 21.0. The number of rotatable bonds is 4. The molecule has 2 amide bonds. The molecular weight excluding hydrogens is 505 g/mol. The molecule has 1 N–H and O–H groups in total. The largest absolute Gasteiger partial charge is 0.342 e. The molecule has 2 aliphatic carbocycles. The summed E-state index contributed by atoms with van der Waals surface area (Å²) < 4.78 is 15.2. The van der Waals surface area contributed by atoms with Crippen LogP contribution in [0.4, 0.5) is 10.2 Å². The van der Waals surface area contributed by atoms with Crippen LogP contribution in [-0.4, -0.2) is 44.6 Å². The Morgan fingerprint density at radius 1 is 1.11 bits per heavy atom. The summed E-state index contributed by atoms with van der Waals surface area (Å²) >= 11 is 6.42. The van der Waals surface area contributed by atoms with E-state index in [-0.39, 0.29) is 23.5 Å². The number of benzene rings is 1. The van der Waals surface area contributed by atoms with Gasteiger partial charge in [0.15, 0.2) is 5.69 Å². The molecule has 1 aromatic carbocycles. The minimum atomic E-state index is -0.428. The Balaban J connectivity index is 1.09. The first-order chi connectivity index (χ1) is 18.3. The van der Waals surface area contributed by atoms with E-state index in [0.717, 1.165) is 44.3 Å². The van der Waals surface area contributed by atoms with E-state index in [1.54, 1.807) is 24.5 Å². The van der Waals surface area contributed by atoms with Crippen molar-refractivity contribution in [3.8, 4) is 11.8 Å². The number of likely N-dealkylation sites (tertiary alicyclic amines) is 1. The van der Waals surface area contributed by atoms with Crippen LogP contribution in [0.5, 0.6) is 0 Å². The van der Waals surface area contributed by atoms with Crippen LogP contribution < -0.4 is 5.32 Å². The molecule has 0 bridgehead atoms. The smallest absolute Gasteiger partial charge is 0.278 e. The molecule has 3 aromatic rings. The van der Waals surface area contributed by atoms with Crippen LogP contribution in [0.25, 0.3) is 0 Å². The highest BCUT2D eigenvalue weighted by Gasteiger charge is 2.45. The highest BCUT2D eigenvalue weighted by atomic mass is 35.5. The lowest BCUT2D eigenvalue weighted by Crippen LogP contribution is -2.31. The summed E-state index contributed by atoms with van der Waals surface area (Å²) in [6.45, 7) is 3.48. The van der Waals surface area contributed by atoms with Crippen LogP contribution in [0.15, 0.2) is 42.7 Å². The van der Waals surface area contributed by atoms with E-state index >= 15 is 0 Å². The van der Waals surface area contributed by atoms with E-state index in [2.05, 4.69) is 27.2 Å². The van der Waals surface area contributed by atoms with Gasteiger partial charge in [0.05, 0.1) is 11.1 Å². The average molecular weight is 532 g/mol. The van der Waals surface area contributed by atoms with Crippen molar-refractivity contribution in [3.05, 3.63) is 75.9 Å². The van der Waals surface area contributed by atoms with Gasteiger partial charge in [0.25, 0.3) is 5.91 Å². The van der Waals surface area contributed by atoms with E-state index in [9.17, 15) is 14.0 Å². The topological polar surface area (TPSA) is 80.1 Å². The van der Waals surface area contributed by atoms with E-state index in [1.807, 2.05) is 22.6 Å². The van der Waals surface area contributed by atoms with Gasteiger partial charge in [-0.25, -0.2) is 9.37 Å². The van der Waals surface area contributed by atoms with E-state index < -0.39 is 5.91 Å². The molecule has 2 aromatic heterocycles. The third-order valence-electron chi connectivity index (χ3n) is 7.73. The molecule has 9 heteroatoms. The lowest BCUT2D eigenvalue weighted by Gasteiger charge is -2.19. The number of nitrogens with zero attached hydrogens (tertiary/aromatic N) is 4. The summed E-state index contributed by atoms with van der Waals surface area (Å²) in [7, 11) is 0. The van der Waals surface area contributed by atoms with E-state index in [1.165, 1.54) is 12.1 Å². The highest BCUT2D eigenvalue weighted by Crippen LogP contribution is 2.45. The number of fused-ring (bicyclic) bond motifs is 1. The van der Waals surface area contributed by atoms with Crippen molar-refractivity contribution in [3.63, 3.8) is 0 Å². The lowest BCUT2D eigenvalue weighted by molar-refractivity contribution is -0.131. The van der Waals surface area contributed by atoms with Gasteiger partial charge in [-0.15, -0.1) is 0 Å². The van der Waals surface area contributed by atoms with Crippen LogP contribution in [0.1, 0.15) is 58.9 Å². The number of carbonyl (C=O) groups excluding carboxylic acids is 2. The number of nitrogens with one attached hydrogen (secondary N) is 1. The number of hydrogen-bond donors (Lipinski definition) is 1. The Hall–Kier alpha value is -3.70. The van der Waals surface area contributed by atoms with Gasteiger partial charge in [0.1, 0.15) is 11.6 Å². The summed E-state index contributed by atoms with van der Waals surface area (Å²) in [5.74, 6) is 7.04. The van der Waals surface area contributed by atoms with Crippen molar-refractivity contribution in [2.24, 2.45) is 17.8 Å². The fraction of sp³-hybridized carbons (Fsp3) is 0.379. The van der Waals surface area contributed by atoms with Gasteiger partial charge in [0.2, 0.25) is 5.91 Å². The molecule has 3 heterocycles. The summed E-state index contributed by atoms with van der Waals surface area (Å²) in [6, 6.07) is 8.05. The first-order valence-electron chi connectivity index (χ1n) is 12.9. The minimum absolute atomic E-state index is 0.158. The Labute approximate surface area is 225 Å². The first-order valence-corrected chi connectivity index (χ1v) is 13.3. The summed E-state index contributed by atoms with van der Waals surface area (Å²) in [5, 5.41) is 7.63. The Bertz CT molecular complexity index is 1470. The standard InChI is InChI=1S/C29H27ClFN5O2/c1-17-9-19(6-5-18-3-2-4-23(31)10-18)13-32-27(17)33-28(37)26-25(30)16-36(34-26)24-11-21-14-35(15-22(21)12-24)29(38)20-7-8-20/h2-4,9-10,13,16,20-22,24H,7-8,11-12,14-15H2,1H3,(H,32,33,37)/t21-,22+,24+. The molecule has 7 nitrogen and oxygen atoms in total. The van der Waals surface area contributed by atoms with Gasteiger partial charge in [-0.2, -0.15) is 5.10 Å². The van der Waals surface area contributed by atoms with Gasteiger partial charge < -0.3 is 10.2 Å². The Kier molecular flexibility index (Phi) is 6.40. The predicted molar refractivity (Wildman–Crippen MR) is 141 cm³/mol. The number of halogens is 2. The molecule has 38 heavy (non-hydrogen) atoms. The molecule has 1 saturated heterocycles. The van der Waals surface area contributed by atoms with Gasteiger partial charge in [-0.3, -0.25) is 14.3 Å². The van der Waals surface area contributed by atoms with Crippen LogP contribution >= 0.6 is 11.6 Å². The van der Waals surface area contributed by atoms with E-state index in [4.69, 9.17) is 11.6 Å². The second-order valence-electron chi connectivity index (χ2n) is 10.6. The fourth-order valence-corrected chi connectivity index (χ4v) is 5.84. The summed E-state index contributed by atoms with van der Waals surface area (Å²) in [6.07, 6.45) is 7.21. The van der Waals surface area contributed by atoms with Crippen LogP contribution in [-0.2, 0) is 4.79 Å². The van der Waals surface area contributed by atoms with Gasteiger partial charge >= 0.3 is 0 Å². The summed E-state index contributed by atoms with van der Waals surface area (Å²) in [4.78, 5) is 31.8. The van der Waals surface area contributed by atoms with Gasteiger partial charge in [-0.05, 0) is 74.3 Å². The number of aromatic nitrogens is 3. The zero-order chi connectivity index (χ0) is 26.4. The van der Waals surface area contributed by atoms with Gasteiger partial charge in [-0.1, -0.05) is 29.5 Å². The number of anilines is 1. The van der Waals surface area contributed by atoms with Crippen LogP contribution in [0.3, 0.4) is 0 Å². The average Bonchev–Trinajstić information content (AvgIpc) is 3.38. The molecule has 6 rings (SSSR count). The molecule has 1 aliphatic heterocycles. The quantitative estimate of drug-likeness (QED) is 0.488. The van der Waals surface area contributed by atoms with E-state index in [0.29, 0.717) is 39.7 Å². The third-order valence-corrected chi connectivity index (χ3v) is 8.00. The first kappa shape index (κ1) is 24.6. The van der Waals surface area contributed by atoms with Gasteiger partial charge in [0, 0.05) is 42.5 Å². The van der Waals surface area contributed by atoms with Crippen molar-refractivity contribution >= 4 is 29.2 Å². The van der Waals surface area contributed by atoms with Crippen LogP contribution in [0, 0.1) is 42.3 Å². The molecule has 0 radical (unpaired) electrons. The second kappa shape index (κ2) is 9.88. The maximum absolute atomic E-state index is 13.4. The third kappa shape index (κ3) is 5.03. The number of carbonyl (C=O) groups is 2. The monoisotopic (exact) mass is 531 g/mol. The minimum Gasteiger partial charge on any atom is -0.342 e. The molecule has 0 spiro atoms. The highest BCUT2D eigenvalue weighted by molar-refractivity contribution is 6.34. The molecule has 2 saturated carbocycles. The van der Waals surface area contributed by atoms with Crippen molar-refractivity contribution in [2.45, 2.75) is 38.6 Å². The Morgan fingerprint density at radius 2 is 1.84 bits per heavy atom. The molecule has 0 unspecified atom stereocenters. The van der Waals surface area contributed by atoms with Crippen molar-refractivity contribution in [1.82, 2.24) is 19.7 Å². The number of aryl methyl sites for hydroxylation is 1. The molecule has 194 valence electrons. The fourth-order valence-electron chi connectivity index (χ4n) is 5.61. The zero-order valence-corrected chi connectivity index (χ0v) is 21.7. The number of amides is 2. The second-order valence-corrected chi connectivity index (χ2v) is 11.0. The van der Waals surface area contributed by atoms with Crippen molar-refractivity contribution < 1.29 is 14.0 Å². The predicted octanol–water partition coefficient (Wildman–Crippen LogP) is 4.85. The molecule has 3 atom stereocenters. The Morgan fingerprint density at radius 3 is 2.53 bits per heavy atom. The molecule has 3 aliphatic rings. The maximum atomic E-state index is 13.4. The number of hydrogen-bond acceptors (Lipinski definition) is 4. The molecule has 3 fully saturated rings. The summed E-state index contributed by atoms with van der Waals surface area (Å²) in [5.41, 5.74) is 2.11. The normalized spacial score (nSPS) is 22.1. The van der Waals surface area contributed by atoms with Crippen molar-refractivity contribution in [2.75, 3.05) is 18.4 Å².